The molecular formula is C21H23N3O4. The fraction of sp³-hybridized carbons (Fsp3) is 0.286. The molecule has 0 aliphatic rings. The smallest absolute Gasteiger partial charge is 0.256 e. The van der Waals surface area contributed by atoms with Crippen molar-refractivity contribution in [2.45, 2.75) is 26.7 Å². The number of rotatable bonds is 8. The number of benzene rings is 2. The number of hydrogen-bond acceptors (Lipinski definition) is 6. The maximum atomic E-state index is 12.6. The highest BCUT2D eigenvalue weighted by atomic mass is 16.6. The summed E-state index contributed by atoms with van der Waals surface area (Å²) < 4.78 is 15.7. The number of nitrogens with zero attached hydrogens (tertiary/aromatic N) is 2. The van der Waals surface area contributed by atoms with Gasteiger partial charge in [0.1, 0.15) is 11.5 Å². The van der Waals surface area contributed by atoms with E-state index in [1.54, 1.807) is 31.4 Å². The maximum absolute atomic E-state index is 12.6. The van der Waals surface area contributed by atoms with Gasteiger partial charge in [-0.2, -0.15) is 0 Å². The molecule has 0 atom stereocenters. The molecule has 1 aromatic heterocycles. The summed E-state index contributed by atoms with van der Waals surface area (Å²) in [5.41, 5.74) is 2.66. The van der Waals surface area contributed by atoms with Crippen molar-refractivity contribution in [3.05, 3.63) is 53.6 Å². The number of aromatic nitrogens is 2. The van der Waals surface area contributed by atoms with Crippen LogP contribution in [0.4, 0.5) is 5.82 Å². The van der Waals surface area contributed by atoms with Gasteiger partial charge in [-0.15, -0.1) is 0 Å². The Labute approximate surface area is 163 Å². The van der Waals surface area contributed by atoms with E-state index in [9.17, 15) is 4.79 Å². The summed E-state index contributed by atoms with van der Waals surface area (Å²) in [6, 6.07) is 12.5. The van der Waals surface area contributed by atoms with Gasteiger partial charge >= 0.3 is 0 Å². The van der Waals surface area contributed by atoms with E-state index in [4.69, 9.17) is 14.1 Å². The predicted octanol–water partition coefficient (Wildman–Crippen LogP) is 4.48. The van der Waals surface area contributed by atoms with Gasteiger partial charge in [0, 0.05) is 11.1 Å². The molecule has 2 aromatic carbocycles. The van der Waals surface area contributed by atoms with Crippen molar-refractivity contribution >= 4 is 11.7 Å². The highest BCUT2D eigenvalue weighted by Gasteiger charge is 2.17. The zero-order valence-corrected chi connectivity index (χ0v) is 16.2. The lowest BCUT2D eigenvalue weighted by Crippen LogP contribution is -2.12. The van der Waals surface area contributed by atoms with Crippen LogP contribution in [0.5, 0.6) is 11.5 Å². The van der Waals surface area contributed by atoms with Gasteiger partial charge in [0.15, 0.2) is 5.69 Å². The summed E-state index contributed by atoms with van der Waals surface area (Å²) in [6.45, 7) is 4.70. The fourth-order valence-corrected chi connectivity index (χ4v) is 2.70. The van der Waals surface area contributed by atoms with Crippen LogP contribution in [0.3, 0.4) is 0 Å². The molecule has 1 N–H and O–H groups in total. The number of methoxy groups -OCH3 is 1. The first-order valence-electron chi connectivity index (χ1n) is 9.14. The molecule has 0 unspecified atom stereocenters. The summed E-state index contributed by atoms with van der Waals surface area (Å²) >= 11 is 0. The summed E-state index contributed by atoms with van der Waals surface area (Å²) in [5, 5.41) is 10.5. The number of aryl methyl sites for hydroxylation is 1. The standard InChI is InChI=1S/C21H23N3O4/c1-4-5-12-27-17-9-6-15(7-10-17)21(25)22-20-19(23-28-24-20)16-8-11-18(26-3)14(2)13-16/h6-11,13H,4-5,12H2,1-3H3,(H,22,24,25). The molecule has 0 saturated heterocycles. The van der Waals surface area contributed by atoms with E-state index < -0.39 is 0 Å². The Balaban J connectivity index is 1.72. The Morgan fingerprint density at radius 3 is 2.61 bits per heavy atom. The molecule has 0 saturated carbocycles. The van der Waals surface area contributed by atoms with Gasteiger partial charge in [0.05, 0.1) is 13.7 Å². The number of anilines is 1. The van der Waals surface area contributed by atoms with Gasteiger partial charge in [-0.05, 0) is 71.7 Å². The normalized spacial score (nSPS) is 10.5. The van der Waals surface area contributed by atoms with E-state index in [-0.39, 0.29) is 11.7 Å². The molecule has 0 bridgehead atoms. The molecule has 0 aliphatic carbocycles. The quantitative estimate of drug-likeness (QED) is 0.579. The molecule has 3 rings (SSSR count). The third-order valence-electron chi connectivity index (χ3n) is 4.27. The van der Waals surface area contributed by atoms with E-state index in [2.05, 4.69) is 22.6 Å². The number of unbranched alkanes of at least 4 members (excludes halogenated alkanes) is 1. The lowest BCUT2D eigenvalue weighted by molar-refractivity contribution is 0.102. The highest BCUT2D eigenvalue weighted by Crippen LogP contribution is 2.29. The van der Waals surface area contributed by atoms with Gasteiger partial charge in [-0.25, -0.2) is 4.63 Å². The van der Waals surface area contributed by atoms with Crippen molar-refractivity contribution in [2.75, 3.05) is 19.0 Å². The van der Waals surface area contributed by atoms with E-state index >= 15 is 0 Å². The second-order valence-electron chi connectivity index (χ2n) is 6.33. The Hall–Kier alpha value is -3.35. The van der Waals surface area contributed by atoms with Gasteiger partial charge in [0.25, 0.3) is 5.91 Å². The molecule has 0 aliphatic heterocycles. The minimum Gasteiger partial charge on any atom is -0.496 e. The molecule has 0 spiro atoms. The average Bonchev–Trinajstić information content (AvgIpc) is 3.16. The summed E-state index contributed by atoms with van der Waals surface area (Å²) in [5.74, 6) is 1.47. The lowest BCUT2D eigenvalue weighted by Gasteiger charge is -2.08. The second-order valence-corrected chi connectivity index (χ2v) is 6.33. The fourth-order valence-electron chi connectivity index (χ4n) is 2.70. The van der Waals surface area contributed by atoms with Crippen molar-refractivity contribution in [1.82, 2.24) is 10.3 Å². The monoisotopic (exact) mass is 381 g/mol. The van der Waals surface area contributed by atoms with Crippen LogP contribution in [-0.2, 0) is 0 Å². The predicted molar refractivity (Wildman–Crippen MR) is 106 cm³/mol. The molecule has 1 amide bonds. The zero-order valence-electron chi connectivity index (χ0n) is 16.2. The van der Waals surface area contributed by atoms with Crippen LogP contribution in [0.1, 0.15) is 35.7 Å². The van der Waals surface area contributed by atoms with Crippen LogP contribution in [0, 0.1) is 6.92 Å². The van der Waals surface area contributed by atoms with Crippen LogP contribution in [0.25, 0.3) is 11.3 Å². The molecule has 28 heavy (non-hydrogen) atoms. The Morgan fingerprint density at radius 2 is 1.93 bits per heavy atom. The molecule has 7 heteroatoms. The van der Waals surface area contributed by atoms with E-state index in [1.165, 1.54) is 0 Å². The minimum absolute atomic E-state index is 0.262. The van der Waals surface area contributed by atoms with Crippen molar-refractivity contribution in [1.29, 1.82) is 0 Å². The van der Waals surface area contributed by atoms with Crippen LogP contribution < -0.4 is 14.8 Å². The summed E-state index contributed by atoms with van der Waals surface area (Å²) in [7, 11) is 1.62. The van der Waals surface area contributed by atoms with Crippen LogP contribution in [0.15, 0.2) is 47.1 Å². The van der Waals surface area contributed by atoms with Crippen molar-refractivity contribution in [3.8, 4) is 22.8 Å². The first-order chi connectivity index (χ1) is 13.6. The average molecular weight is 381 g/mol. The van der Waals surface area contributed by atoms with Gasteiger partial charge in [-0.1, -0.05) is 13.3 Å². The van der Waals surface area contributed by atoms with E-state index in [0.29, 0.717) is 17.9 Å². The molecule has 7 nitrogen and oxygen atoms in total. The molecular weight excluding hydrogens is 358 g/mol. The first-order valence-corrected chi connectivity index (χ1v) is 9.14. The van der Waals surface area contributed by atoms with Crippen LogP contribution in [0.2, 0.25) is 0 Å². The third kappa shape index (κ3) is 4.49. The first kappa shape index (κ1) is 19.4. The number of carbonyl (C=O) groups excluding carboxylic acids is 1. The second kappa shape index (κ2) is 9.03. The van der Waals surface area contributed by atoms with Crippen molar-refractivity contribution in [2.24, 2.45) is 0 Å². The molecule has 3 aromatic rings. The minimum atomic E-state index is -0.303. The maximum Gasteiger partial charge on any atom is 0.256 e. The van der Waals surface area contributed by atoms with Gasteiger partial charge in [0.2, 0.25) is 5.82 Å². The van der Waals surface area contributed by atoms with E-state index in [1.807, 2.05) is 25.1 Å². The summed E-state index contributed by atoms with van der Waals surface area (Å²) in [6.07, 6.45) is 2.07. The van der Waals surface area contributed by atoms with Gasteiger partial charge < -0.3 is 14.8 Å². The van der Waals surface area contributed by atoms with Crippen LogP contribution >= 0.6 is 0 Å². The topological polar surface area (TPSA) is 86.5 Å². The number of carbonyl (C=O) groups is 1. The molecule has 1 heterocycles. The Morgan fingerprint density at radius 1 is 1.14 bits per heavy atom. The SMILES string of the molecule is CCCCOc1ccc(C(=O)Nc2nonc2-c2ccc(OC)c(C)c2)cc1. The summed E-state index contributed by atoms with van der Waals surface area (Å²) in [4.78, 5) is 12.6. The number of nitrogens with one attached hydrogen (secondary N) is 1. The largest absolute Gasteiger partial charge is 0.496 e. The van der Waals surface area contributed by atoms with E-state index in [0.717, 1.165) is 35.5 Å². The lowest BCUT2D eigenvalue weighted by atomic mass is 10.1. The zero-order chi connectivity index (χ0) is 19.9. The Kier molecular flexibility index (Phi) is 6.26. The molecule has 0 fully saturated rings. The van der Waals surface area contributed by atoms with Gasteiger partial charge in [-0.3, -0.25) is 4.79 Å². The Bertz CT molecular complexity index is 935. The number of amides is 1. The third-order valence-corrected chi connectivity index (χ3v) is 4.27. The van der Waals surface area contributed by atoms with Crippen LogP contribution in [-0.4, -0.2) is 29.9 Å². The van der Waals surface area contributed by atoms with Crippen molar-refractivity contribution < 1.29 is 18.9 Å². The molecule has 146 valence electrons. The number of hydrogen-bond donors (Lipinski definition) is 1. The highest BCUT2D eigenvalue weighted by molar-refractivity contribution is 6.05. The number of ether oxygens (including phenoxy) is 2. The van der Waals surface area contributed by atoms with Crippen molar-refractivity contribution in [3.63, 3.8) is 0 Å². The molecule has 0 radical (unpaired) electrons.